The van der Waals surface area contributed by atoms with Gasteiger partial charge in [-0.25, -0.2) is 0 Å². The Kier molecular flexibility index (Phi) is 9.40. The van der Waals surface area contributed by atoms with Gasteiger partial charge in [-0.1, -0.05) is 64.7 Å². The Morgan fingerprint density at radius 3 is 2.36 bits per heavy atom. The van der Waals surface area contributed by atoms with Gasteiger partial charge in [-0.15, -0.1) is 0 Å². The predicted octanol–water partition coefficient (Wildman–Crippen LogP) is 6.18. The fourth-order valence-corrected chi connectivity index (χ4v) is 2.96. The van der Waals surface area contributed by atoms with Crippen molar-refractivity contribution >= 4 is 11.6 Å². The van der Waals surface area contributed by atoms with E-state index in [1.165, 1.54) is 25.7 Å². The third-order valence-electron chi connectivity index (χ3n) is 4.55. The normalized spacial score (nSPS) is 10.7. The van der Waals surface area contributed by atoms with Crippen molar-refractivity contribution in [1.29, 1.82) is 0 Å². The number of rotatable bonds is 12. The second-order valence-electron chi connectivity index (χ2n) is 7.32. The Labute approximate surface area is 169 Å². The molecule has 0 saturated carbocycles. The molecule has 4 heteroatoms. The van der Waals surface area contributed by atoms with E-state index in [9.17, 15) is 4.79 Å². The van der Waals surface area contributed by atoms with Crippen LogP contribution < -0.4 is 14.8 Å². The zero-order valence-corrected chi connectivity index (χ0v) is 17.4. The van der Waals surface area contributed by atoms with Crippen molar-refractivity contribution in [2.45, 2.75) is 58.8 Å². The Morgan fingerprint density at radius 2 is 1.64 bits per heavy atom. The second kappa shape index (κ2) is 12.1. The van der Waals surface area contributed by atoms with Gasteiger partial charge in [-0.3, -0.25) is 4.79 Å². The molecule has 2 aromatic rings. The first-order valence-corrected chi connectivity index (χ1v) is 10.3. The highest BCUT2D eigenvalue weighted by atomic mass is 16.5. The molecule has 1 N–H and O–H groups in total. The molecule has 152 valence electrons. The van der Waals surface area contributed by atoms with Gasteiger partial charge in [0.2, 0.25) is 0 Å². The molecule has 4 nitrogen and oxygen atoms in total. The molecule has 2 aromatic carbocycles. The molecule has 0 saturated heterocycles. The van der Waals surface area contributed by atoms with E-state index in [0.29, 0.717) is 5.92 Å². The number of carbonyl (C=O) groups excluding carboxylic acids is 1. The number of anilines is 1. The lowest BCUT2D eigenvalue weighted by atomic mass is 10.0. The highest BCUT2D eigenvalue weighted by molar-refractivity contribution is 5.91. The van der Waals surface area contributed by atoms with E-state index in [4.69, 9.17) is 9.47 Å². The molecule has 0 aliphatic carbocycles. The summed E-state index contributed by atoms with van der Waals surface area (Å²) in [6, 6.07) is 15.3. The quantitative estimate of drug-likeness (QED) is 0.445. The second-order valence-corrected chi connectivity index (χ2v) is 7.32. The molecular formula is C24H33NO3. The Hall–Kier alpha value is -2.49. The summed E-state index contributed by atoms with van der Waals surface area (Å²) < 4.78 is 11.5. The molecule has 0 atom stereocenters. The number of unbranched alkanes of at least 4 members (excludes halogenated alkanes) is 4. The number of carbonyl (C=O) groups is 1. The number of hydrogen-bond acceptors (Lipinski definition) is 3. The summed E-state index contributed by atoms with van der Waals surface area (Å²) in [5.74, 6) is 1.76. The molecule has 0 aliphatic heterocycles. The first-order valence-electron chi connectivity index (χ1n) is 10.3. The summed E-state index contributed by atoms with van der Waals surface area (Å²) in [5.41, 5.74) is 1.84. The standard InChI is InChI=1S/C24H33NO3/c1-4-5-6-7-10-17-27-21-15-13-20(14-16-21)25-24(26)18-28-23-12-9-8-11-22(23)19(2)3/h8-9,11-16,19H,4-7,10,17-18H2,1-3H3,(H,25,26). The van der Waals surface area contributed by atoms with Gasteiger partial charge < -0.3 is 14.8 Å². The summed E-state index contributed by atoms with van der Waals surface area (Å²) >= 11 is 0. The zero-order chi connectivity index (χ0) is 20.2. The monoisotopic (exact) mass is 383 g/mol. The number of para-hydroxylation sites is 1. The molecule has 0 radical (unpaired) electrons. The maximum absolute atomic E-state index is 12.2. The van der Waals surface area contributed by atoms with Crippen LogP contribution in [-0.2, 0) is 4.79 Å². The number of ether oxygens (including phenoxy) is 2. The van der Waals surface area contributed by atoms with Gasteiger partial charge in [0, 0.05) is 5.69 Å². The molecule has 28 heavy (non-hydrogen) atoms. The molecule has 0 heterocycles. The highest BCUT2D eigenvalue weighted by Gasteiger charge is 2.09. The van der Waals surface area contributed by atoms with Crippen LogP contribution in [0, 0.1) is 0 Å². The van der Waals surface area contributed by atoms with Crippen molar-refractivity contribution < 1.29 is 14.3 Å². The van der Waals surface area contributed by atoms with Gasteiger partial charge in [0.1, 0.15) is 11.5 Å². The van der Waals surface area contributed by atoms with Crippen LogP contribution in [0.1, 0.15) is 64.4 Å². The minimum absolute atomic E-state index is 0.0141. The molecule has 2 rings (SSSR count). The average molecular weight is 384 g/mol. The first kappa shape index (κ1) is 21.8. The van der Waals surface area contributed by atoms with Gasteiger partial charge in [0.15, 0.2) is 6.61 Å². The van der Waals surface area contributed by atoms with Crippen LogP contribution in [0.25, 0.3) is 0 Å². The average Bonchev–Trinajstić information content (AvgIpc) is 2.70. The van der Waals surface area contributed by atoms with E-state index in [1.807, 2.05) is 48.5 Å². The topological polar surface area (TPSA) is 47.6 Å². The van der Waals surface area contributed by atoms with Crippen LogP contribution in [0.2, 0.25) is 0 Å². The first-order chi connectivity index (χ1) is 13.6. The summed E-state index contributed by atoms with van der Waals surface area (Å²) in [6.45, 7) is 7.15. The maximum atomic E-state index is 12.2. The van der Waals surface area contributed by atoms with Crippen molar-refractivity contribution in [2.75, 3.05) is 18.5 Å². The molecule has 0 unspecified atom stereocenters. The third kappa shape index (κ3) is 7.63. The molecule has 0 bridgehead atoms. The van der Waals surface area contributed by atoms with Crippen molar-refractivity contribution in [3.05, 3.63) is 54.1 Å². The molecule has 0 spiro atoms. The van der Waals surface area contributed by atoms with E-state index in [1.54, 1.807) is 0 Å². The molecule has 1 amide bonds. The van der Waals surface area contributed by atoms with Crippen molar-refractivity contribution in [1.82, 2.24) is 0 Å². The van der Waals surface area contributed by atoms with Crippen LogP contribution >= 0.6 is 0 Å². The molecule has 0 aromatic heterocycles. The minimum atomic E-state index is -0.178. The van der Waals surface area contributed by atoms with Crippen LogP contribution in [0.15, 0.2) is 48.5 Å². The largest absolute Gasteiger partial charge is 0.494 e. The van der Waals surface area contributed by atoms with Crippen LogP contribution in [0.5, 0.6) is 11.5 Å². The van der Waals surface area contributed by atoms with Gasteiger partial charge >= 0.3 is 0 Å². The lowest BCUT2D eigenvalue weighted by molar-refractivity contribution is -0.118. The number of benzene rings is 2. The molecule has 0 aliphatic rings. The number of amides is 1. The van der Waals surface area contributed by atoms with Crippen LogP contribution in [0.3, 0.4) is 0 Å². The van der Waals surface area contributed by atoms with Crippen molar-refractivity contribution in [3.8, 4) is 11.5 Å². The SMILES string of the molecule is CCCCCCCOc1ccc(NC(=O)COc2ccccc2C(C)C)cc1. The van der Waals surface area contributed by atoms with Crippen LogP contribution in [0.4, 0.5) is 5.69 Å². The lowest BCUT2D eigenvalue weighted by Crippen LogP contribution is -2.20. The van der Waals surface area contributed by atoms with E-state index in [0.717, 1.165) is 35.8 Å². The summed E-state index contributed by atoms with van der Waals surface area (Å²) in [5, 5.41) is 2.86. The van der Waals surface area contributed by atoms with E-state index >= 15 is 0 Å². The van der Waals surface area contributed by atoms with Crippen molar-refractivity contribution in [2.24, 2.45) is 0 Å². The van der Waals surface area contributed by atoms with E-state index < -0.39 is 0 Å². The molecular weight excluding hydrogens is 350 g/mol. The molecule has 0 fully saturated rings. The van der Waals surface area contributed by atoms with E-state index in [2.05, 4.69) is 26.1 Å². The minimum Gasteiger partial charge on any atom is -0.494 e. The maximum Gasteiger partial charge on any atom is 0.262 e. The Balaban J connectivity index is 1.74. The predicted molar refractivity (Wildman–Crippen MR) is 115 cm³/mol. The lowest BCUT2D eigenvalue weighted by Gasteiger charge is -2.14. The number of hydrogen-bond donors (Lipinski definition) is 1. The highest BCUT2D eigenvalue weighted by Crippen LogP contribution is 2.25. The summed E-state index contributed by atoms with van der Waals surface area (Å²) in [4.78, 5) is 12.2. The summed E-state index contributed by atoms with van der Waals surface area (Å²) in [7, 11) is 0. The third-order valence-corrected chi connectivity index (χ3v) is 4.55. The smallest absolute Gasteiger partial charge is 0.262 e. The van der Waals surface area contributed by atoms with Gasteiger partial charge in [-0.05, 0) is 48.2 Å². The fourth-order valence-electron chi connectivity index (χ4n) is 2.96. The fraction of sp³-hybridized carbons (Fsp3) is 0.458. The van der Waals surface area contributed by atoms with E-state index in [-0.39, 0.29) is 12.5 Å². The Bertz CT molecular complexity index is 710. The van der Waals surface area contributed by atoms with Gasteiger partial charge in [0.05, 0.1) is 6.61 Å². The van der Waals surface area contributed by atoms with Crippen LogP contribution in [-0.4, -0.2) is 19.1 Å². The van der Waals surface area contributed by atoms with Crippen molar-refractivity contribution in [3.63, 3.8) is 0 Å². The summed E-state index contributed by atoms with van der Waals surface area (Å²) in [6.07, 6.45) is 6.11. The number of nitrogens with one attached hydrogen (secondary N) is 1. The zero-order valence-electron chi connectivity index (χ0n) is 17.4. The Morgan fingerprint density at radius 1 is 0.929 bits per heavy atom. The van der Waals surface area contributed by atoms with Gasteiger partial charge in [-0.2, -0.15) is 0 Å². The van der Waals surface area contributed by atoms with Gasteiger partial charge in [0.25, 0.3) is 5.91 Å².